The Kier molecular flexibility index (Phi) is 7.10. The Balaban J connectivity index is 1.55. The summed E-state index contributed by atoms with van der Waals surface area (Å²) in [5.74, 6) is 0.208. The molecule has 192 valence electrons. The maximum atomic E-state index is 14.6. The van der Waals surface area contributed by atoms with Gasteiger partial charge in [-0.05, 0) is 68.6 Å². The van der Waals surface area contributed by atoms with Gasteiger partial charge in [-0.25, -0.2) is 19.3 Å². The standard InChI is InChI=1S/C29H29FN8/c1-5-7-8-18(6-2)23-9-10-24-26(33-23)27(37-36-24)29-34-25-22(11-12-32-28(25)35-29)19-15-20(30)17-21(16-19)31-13-14-38(3)4/h5-12,15-17,31H,1,13-14H2,2-4H3,(H,36,37)(H,32,34,35)/b8-7-,18-6+. The highest BCUT2D eigenvalue weighted by atomic mass is 19.1. The molecule has 9 heteroatoms. The molecular formula is C29H29FN8. The number of rotatable bonds is 9. The summed E-state index contributed by atoms with van der Waals surface area (Å²) < 4.78 is 14.6. The number of nitrogens with one attached hydrogen (secondary N) is 3. The number of fused-ring (bicyclic) bond motifs is 2. The first kappa shape index (κ1) is 25.0. The minimum absolute atomic E-state index is 0.320. The summed E-state index contributed by atoms with van der Waals surface area (Å²) in [7, 11) is 4.00. The van der Waals surface area contributed by atoms with Gasteiger partial charge in [0.2, 0.25) is 0 Å². The van der Waals surface area contributed by atoms with Gasteiger partial charge in [-0.2, -0.15) is 5.10 Å². The summed E-state index contributed by atoms with van der Waals surface area (Å²) in [5, 5.41) is 10.8. The second-order valence-corrected chi connectivity index (χ2v) is 9.10. The van der Waals surface area contributed by atoms with Crippen LogP contribution in [0.15, 0.2) is 73.5 Å². The molecule has 0 bridgehead atoms. The van der Waals surface area contributed by atoms with Gasteiger partial charge < -0.3 is 15.2 Å². The Morgan fingerprint density at radius 1 is 1.16 bits per heavy atom. The number of aromatic nitrogens is 6. The Bertz CT molecular complexity index is 1680. The van der Waals surface area contributed by atoms with Crippen LogP contribution >= 0.6 is 0 Å². The first-order valence-corrected chi connectivity index (χ1v) is 12.3. The Morgan fingerprint density at radius 2 is 2.03 bits per heavy atom. The van der Waals surface area contributed by atoms with E-state index in [0.29, 0.717) is 40.4 Å². The second-order valence-electron chi connectivity index (χ2n) is 9.10. The van der Waals surface area contributed by atoms with E-state index in [4.69, 9.17) is 9.97 Å². The van der Waals surface area contributed by atoms with Gasteiger partial charge in [0.1, 0.15) is 11.3 Å². The third-order valence-corrected chi connectivity index (χ3v) is 6.14. The number of imidazole rings is 1. The third-order valence-electron chi connectivity index (χ3n) is 6.14. The van der Waals surface area contributed by atoms with E-state index < -0.39 is 0 Å². The number of likely N-dealkylation sites (N-methyl/N-ethyl adjacent to an activating group) is 1. The largest absolute Gasteiger partial charge is 0.384 e. The van der Waals surface area contributed by atoms with E-state index in [2.05, 4.69) is 37.0 Å². The Hall–Kier alpha value is -4.63. The SMILES string of the molecule is C=C/C=C\C(=C/C)c1ccc2[nH]nc(-c3nc4nccc(-c5cc(F)cc(NCCN(C)C)c5)c4[nH]3)c2n1. The Labute approximate surface area is 220 Å². The number of benzene rings is 1. The zero-order chi connectivity index (χ0) is 26.6. The number of nitrogens with zero attached hydrogens (tertiary/aromatic N) is 5. The molecule has 0 saturated heterocycles. The van der Waals surface area contributed by atoms with Gasteiger partial charge in [0.25, 0.3) is 0 Å². The molecule has 0 radical (unpaired) electrons. The lowest BCUT2D eigenvalue weighted by atomic mass is 10.0. The number of H-pyrrole nitrogens is 2. The molecule has 0 aliphatic rings. The molecule has 0 spiro atoms. The molecule has 38 heavy (non-hydrogen) atoms. The maximum absolute atomic E-state index is 14.6. The molecule has 1 aromatic carbocycles. The van der Waals surface area contributed by atoms with Gasteiger partial charge in [0.15, 0.2) is 17.2 Å². The van der Waals surface area contributed by atoms with Crippen LogP contribution in [-0.2, 0) is 0 Å². The predicted octanol–water partition coefficient (Wildman–Crippen LogP) is 5.82. The molecule has 0 saturated carbocycles. The summed E-state index contributed by atoms with van der Waals surface area (Å²) >= 11 is 0. The number of hydrogen-bond donors (Lipinski definition) is 3. The predicted molar refractivity (Wildman–Crippen MR) is 152 cm³/mol. The van der Waals surface area contributed by atoms with Crippen molar-refractivity contribution in [2.75, 3.05) is 32.5 Å². The zero-order valence-corrected chi connectivity index (χ0v) is 21.6. The van der Waals surface area contributed by atoms with Crippen LogP contribution in [0.5, 0.6) is 0 Å². The van der Waals surface area contributed by atoms with Gasteiger partial charge in [-0.3, -0.25) is 5.10 Å². The monoisotopic (exact) mass is 508 g/mol. The highest BCUT2D eigenvalue weighted by Crippen LogP contribution is 2.32. The minimum atomic E-state index is -0.320. The molecule has 0 aliphatic heterocycles. The van der Waals surface area contributed by atoms with E-state index in [1.54, 1.807) is 12.3 Å². The van der Waals surface area contributed by atoms with E-state index in [1.165, 1.54) is 12.1 Å². The normalized spacial score (nSPS) is 12.3. The van der Waals surface area contributed by atoms with Crippen LogP contribution < -0.4 is 5.32 Å². The van der Waals surface area contributed by atoms with E-state index in [0.717, 1.165) is 34.5 Å². The fourth-order valence-corrected chi connectivity index (χ4v) is 4.26. The van der Waals surface area contributed by atoms with Crippen molar-refractivity contribution in [3.8, 4) is 22.6 Å². The third kappa shape index (κ3) is 5.09. The van der Waals surface area contributed by atoms with Gasteiger partial charge in [0, 0.05) is 30.5 Å². The topological polar surface area (TPSA) is 98.4 Å². The van der Waals surface area contributed by atoms with Crippen molar-refractivity contribution >= 4 is 33.5 Å². The first-order valence-electron chi connectivity index (χ1n) is 12.3. The van der Waals surface area contributed by atoms with Crippen LogP contribution in [0.3, 0.4) is 0 Å². The molecule has 0 amide bonds. The van der Waals surface area contributed by atoms with Crippen molar-refractivity contribution in [2.45, 2.75) is 6.92 Å². The van der Waals surface area contributed by atoms with Crippen LogP contribution in [-0.4, -0.2) is 62.2 Å². The fourth-order valence-electron chi connectivity index (χ4n) is 4.26. The number of aromatic amines is 2. The van der Waals surface area contributed by atoms with Crippen LogP contribution in [0.2, 0.25) is 0 Å². The quantitative estimate of drug-likeness (QED) is 0.217. The van der Waals surface area contributed by atoms with Gasteiger partial charge in [-0.15, -0.1) is 0 Å². The molecule has 0 unspecified atom stereocenters. The molecule has 0 atom stereocenters. The van der Waals surface area contributed by atoms with Crippen LogP contribution in [0.25, 0.3) is 50.4 Å². The van der Waals surface area contributed by atoms with Crippen molar-refractivity contribution in [1.29, 1.82) is 0 Å². The number of anilines is 1. The maximum Gasteiger partial charge on any atom is 0.178 e. The van der Waals surface area contributed by atoms with Crippen molar-refractivity contribution in [1.82, 2.24) is 35.0 Å². The number of halogens is 1. The van der Waals surface area contributed by atoms with E-state index in [9.17, 15) is 4.39 Å². The molecule has 4 aromatic heterocycles. The average Bonchev–Trinajstić information content (AvgIpc) is 3.52. The summed E-state index contributed by atoms with van der Waals surface area (Å²) in [6.07, 6.45) is 9.23. The van der Waals surface area contributed by atoms with Crippen molar-refractivity contribution in [3.05, 3.63) is 85.0 Å². The van der Waals surface area contributed by atoms with Crippen LogP contribution in [0, 0.1) is 5.82 Å². The number of allylic oxidation sites excluding steroid dienone is 5. The van der Waals surface area contributed by atoms with Crippen molar-refractivity contribution in [2.24, 2.45) is 0 Å². The highest BCUT2D eigenvalue weighted by Gasteiger charge is 2.18. The van der Waals surface area contributed by atoms with E-state index in [-0.39, 0.29) is 5.82 Å². The molecule has 0 fully saturated rings. The molecule has 5 rings (SSSR count). The molecule has 5 aromatic rings. The van der Waals surface area contributed by atoms with Crippen molar-refractivity contribution in [3.63, 3.8) is 0 Å². The van der Waals surface area contributed by atoms with Gasteiger partial charge in [-0.1, -0.05) is 30.9 Å². The summed E-state index contributed by atoms with van der Waals surface area (Å²) in [4.78, 5) is 19.4. The lowest BCUT2D eigenvalue weighted by Crippen LogP contribution is -2.20. The lowest BCUT2D eigenvalue weighted by Gasteiger charge is -2.13. The van der Waals surface area contributed by atoms with Gasteiger partial charge >= 0.3 is 0 Å². The lowest BCUT2D eigenvalue weighted by molar-refractivity contribution is 0.425. The fraction of sp³-hybridized carbons (Fsp3) is 0.172. The zero-order valence-electron chi connectivity index (χ0n) is 21.6. The van der Waals surface area contributed by atoms with E-state index >= 15 is 0 Å². The number of pyridine rings is 2. The van der Waals surface area contributed by atoms with Crippen molar-refractivity contribution < 1.29 is 4.39 Å². The minimum Gasteiger partial charge on any atom is -0.384 e. The van der Waals surface area contributed by atoms with Crippen LogP contribution in [0.4, 0.5) is 10.1 Å². The molecule has 4 heterocycles. The van der Waals surface area contributed by atoms with Crippen LogP contribution in [0.1, 0.15) is 12.6 Å². The Morgan fingerprint density at radius 3 is 2.82 bits per heavy atom. The highest BCUT2D eigenvalue weighted by molar-refractivity contribution is 5.95. The molecule has 3 N–H and O–H groups in total. The smallest absolute Gasteiger partial charge is 0.178 e. The second kappa shape index (κ2) is 10.8. The number of hydrogen-bond acceptors (Lipinski definition) is 6. The summed E-state index contributed by atoms with van der Waals surface area (Å²) in [6.45, 7) is 7.25. The summed E-state index contributed by atoms with van der Waals surface area (Å²) in [6, 6.07) is 10.7. The van der Waals surface area contributed by atoms with E-state index in [1.807, 2.05) is 63.5 Å². The average molecular weight is 509 g/mol. The molecular weight excluding hydrogens is 479 g/mol. The first-order chi connectivity index (χ1) is 18.5. The molecule has 0 aliphatic carbocycles. The van der Waals surface area contributed by atoms with Gasteiger partial charge in [0.05, 0.1) is 16.7 Å². The molecule has 8 nitrogen and oxygen atoms in total. The summed E-state index contributed by atoms with van der Waals surface area (Å²) in [5.41, 5.74) is 7.28.